The molecule has 0 bridgehead atoms. The molecule has 0 aliphatic carbocycles. The van der Waals surface area contributed by atoms with Gasteiger partial charge >= 0.3 is 41.5 Å². The Hall–Kier alpha value is -3.31. The molecule has 0 aromatic carbocycles. The third kappa shape index (κ3) is 22.0. The molecule has 264 valence electrons. The number of hydrogen-bond donors (Lipinski definition) is 0. The van der Waals surface area contributed by atoms with Crippen molar-refractivity contribution < 1.29 is 71.0 Å². The Kier molecular flexibility index (Phi) is 17.8. The predicted molar refractivity (Wildman–Crippen MR) is 150 cm³/mol. The largest absolute Gasteiger partial charge is 1.00 e. The molecule has 0 spiro atoms. The molecule has 1 fully saturated rings. The van der Waals surface area contributed by atoms with Gasteiger partial charge in [0.15, 0.2) is 17.8 Å². The second-order valence-electron chi connectivity index (χ2n) is 9.98. The maximum Gasteiger partial charge on any atom is 0.417 e. The zero-order chi connectivity index (χ0) is 36.3. The minimum Gasteiger partial charge on any atom is -1.00 e. The number of hydrogen-bond acceptors (Lipinski definition) is 5. The molecule has 8 nitrogen and oxygen atoms in total. The Balaban J connectivity index is 0. The van der Waals surface area contributed by atoms with Crippen LogP contribution in [0.15, 0.2) is 24.0 Å². The van der Waals surface area contributed by atoms with Crippen LogP contribution in [0, 0.1) is 0 Å². The van der Waals surface area contributed by atoms with Crippen molar-refractivity contribution in [3.8, 4) is 0 Å². The molecule has 2 aliphatic rings. The molecule has 1 saturated heterocycles. The van der Waals surface area contributed by atoms with Gasteiger partial charge in [0.25, 0.3) is 0 Å². The van der Waals surface area contributed by atoms with Crippen LogP contribution in [0.2, 0.25) is 0 Å². The first kappa shape index (κ1) is 45.8. The Labute approximate surface area is 265 Å². The molecule has 0 saturated carbocycles. The van der Waals surface area contributed by atoms with E-state index in [1.54, 1.807) is 28.2 Å². The van der Waals surface area contributed by atoms with E-state index in [-0.39, 0.29) is 17.0 Å². The Morgan fingerprint density at radius 2 is 1.36 bits per heavy atom. The van der Waals surface area contributed by atoms with Crippen LogP contribution >= 0.6 is 8.16 Å². The maximum atomic E-state index is 12.5. The van der Waals surface area contributed by atoms with Crippen molar-refractivity contribution in [1.29, 1.82) is 0 Å². The number of likely N-dealkylation sites (tertiary alicyclic amines) is 1. The molecule has 4 radical (unpaired) electrons. The number of carbonyl (C=O) groups excluding carboxylic acids is 3. The number of allylic oxidation sites excluding steroid dienone is 1. The second kappa shape index (κ2) is 18.3. The van der Waals surface area contributed by atoms with E-state index in [4.69, 9.17) is 15.7 Å². The molecule has 0 N–H and O–H groups in total. The predicted octanol–water partition coefficient (Wildman–Crippen LogP) is 2.99. The smallest absolute Gasteiger partial charge is 0.417 e. The normalized spacial score (nSPS) is 15.7. The molecule has 1 aromatic heterocycles. The fourth-order valence-corrected chi connectivity index (χ4v) is 3.48. The minimum atomic E-state index is -8.55. The number of alkyl halides is 6. The second-order valence-corrected chi connectivity index (χ2v) is 11.3. The van der Waals surface area contributed by atoms with Crippen LogP contribution in [0.5, 0.6) is 0 Å². The topological polar surface area (TPSA) is 76.8 Å². The summed E-state index contributed by atoms with van der Waals surface area (Å²) in [5.74, 6) is -0.835. The molecule has 2 aliphatic heterocycles. The quantitative estimate of drug-likeness (QED) is 0.155. The van der Waals surface area contributed by atoms with Crippen LogP contribution in [-0.2, 0) is 23.9 Å². The molecular weight excluding hydrogens is 687 g/mol. The van der Waals surface area contributed by atoms with E-state index < -0.39 is 43.3 Å². The average Bonchev–Trinajstić information content (AvgIpc) is 2.85. The number of aromatic nitrogens is 1. The van der Waals surface area contributed by atoms with Crippen molar-refractivity contribution in [3.63, 3.8) is 0 Å². The molecule has 0 atom stereocenters. The van der Waals surface area contributed by atoms with Crippen molar-refractivity contribution in [1.82, 2.24) is 19.7 Å². The van der Waals surface area contributed by atoms with E-state index >= 15 is 0 Å². The summed E-state index contributed by atoms with van der Waals surface area (Å²) >= 11 is 0. The SMILES string of the molecule is CN(C)/C=C(/C=[N+](C)C)C(F)(F)F.FP(F)(F)(F)F.[B]C(=O)N1CCC(=O)CC1.[B]C(=O)N1CCc2ncc(C(F)(F)F)cc2C1.[F-]. The van der Waals surface area contributed by atoms with E-state index in [0.29, 0.717) is 50.2 Å². The first-order valence-electron chi connectivity index (χ1n) is 12.8. The standard InChI is InChI=1S/C10H8BF3N2O.C8H14F3N2.C6H8BNO2.F5P.FH/c11-9(17)16-2-1-8-6(5-16)3-7(4-15-8)10(12,13)14;1-12(2)5-7(6-13(3)4)8(9,10)11;7-6(10)8-3-1-5(9)2-4-8;1-6(2,3,4)5;/h3-4H,1-2,5H2;5-6H,1-4H3;1-4H2;;1H/q;+1;;;/p-1. The van der Waals surface area contributed by atoms with E-state index in [1.807, 2.05) is 0 Å². The Bertz CT molecular complexity index is 1260. The van der Waals surface area contributed by atoms with Gasteiger partial charge in [-0.2, -0.15) is 26.3 Å². The van der Waals surface area contributed by atoms with Gasteiger partial charge in [-0.25, -0.2) is 4.58 Å². The number of halogens is 12. The minimum absolute atomic E-state index is 0. The van der Waals surface area contributed by atoms with Gasteiger partial charge in [-0.3, -0.25) is 19.4 Å². The van der Waals surface area contributed by atoms with Gasteiger partial charge < -0.3 is 19.4 Å². The maximum absolute atomic E-state index is 12.5. The van der Waals surface area contributed by atoms with Crippen LogP contribution in [0.25, 0.3) is 0 Å². The summed E-state index contributed by atoms with van der Waals surface area (Å²) in [6.45, 7) is 1.46. The van der Waals surface area contributed by atoms with Crippen LogP contribution in [0.1, 0.15) is 29.7 Å². The number of amides is 2. The van der Waals surface area contributed by atoms with Gasteiger partial charge in [0.2, 0.25) is 15.7 Å². The van der Waals surface area contributed by atoms with E-state index in [1.165, 1.54) is 19.3 Å². The fraction of sp³-hybridized carbons (Fsp3) is 0.542. The van der Waals surface area contributed by atoms with Crippen molar-refractivity contribution in [2.45, 2.75) is 38.2 Å². The summed E-state index contributed by atoms with van der Waals surface area (Å²) < 4.78 is 125. The molecule has 23 heteroatoms. The van der Waals surface area contributed by atoms with Gasteiger partial charge in [-0.05, 0) is 11.6 Å². The summed E-state index contributed by atoms with van der Waals surface area (Å²) in [5, 5.41) is 0. The molecule has 47 heavy (non-hydrogen) atoms. The van der Waals surface area contributed by atoms with E-state index in [2.05, 4.69) is 4.98 Å². The van der Waals surface area contributed by atoms with Gasteiger partial charge in [-0.1, -0.05) is 0 Å². The Morgan fingerprint density at radius 1 is 0.915 bits per heavy atom. The number of piperidine rings is 1. The van der Waals surface area contributed by atoms with Crippen LogP contribution < -0.4 is 4.70 Å². The number of nitrogens with zero attached hydrogens (tertiary/aromatic N) is 5. The van der Waals surface area contributed by atoms with Crippen molar-refractivity contribution in [2.24, 2.45) is 0 Å². The number of pyridine rings is 1. The Morgan fingerprint density at radius 3 is 1.72 bits per heavy atom. The number of carbonyl (C=O) groups is 3. The summed E-state index contributed by atoms with van der Waals surface area (Å²) in [6.07, 6.45) is -4.47. The molecule has 1 aromatic rings. The first-order valence-corrected chi connectivity index (χ1v) is 14.5. The summed E-state index contributed by atoms with van der Waals surface area (Å²) in [5.41, 5.74) is -0.467. The van der Waals surface area contributed by atoms with Crippen LogP contribution in [0.4, 0.5) is 56.9 Å². The first-order chi connectivity index (χ1) is 20.5. The van der Waals surface area contributed by atoms with E-state index in [9.17, 15) is 61.7 Å². The van der Waals surface area contributed by atoms with Crippen molar-refractivity contribution in [2.75, 3.05) is 47.8 Å². The zero-order valence-corrected chi connectivity index (χ0v) is 26.3. The molecule has 3 rings (SSSR count). The van der Waals surface area contributed by atoms with Gasteiger partial charge in [-0.15, -0.1) is 0 Å². The number of Topliss-reactive ketones (excluding diaryl/α,β-unsaturated/α-hetero) is 1. The monoisotopic (exact) mass is 717 g/mol. The van der Waals surface area contributed by atoms with Gasteiger partial charge in [0.1, 0.15) is 25.5 Å². The van der Waals surface area contributed by atoms with Crippen LogP contribution in [-0.4, -0.2) is 118 Å². The molecule has 0 unspecified atom stereocenters. The fourth-order valence-electron chi connectivity index (χ4n) is 3.48. The number of rotatable bonds is 2. The number of ketones is 1. The average molecular weight is 717 g/mol. The molecule has 2 amide bonds. The summed E-state index contributed by atoms with van der Waals surface area (Å²) in [6, 6.07) is 1.03. The van der Waals surface area contributed by atoms with E-state index in [0.717, 1.165) is 24.7 Å². The molecular formula is C24H30B2F12N5O3P. The summed E-state index contributed by atoms with van der Waals surface area (Å²) in [4.78, 5) is 40.0. The number of fused-ring (bicyclic) bond motifs is 1. The molecule has 3 heterocycles. The van der Waals surface area contributed by atoms with Crippen molar-refractivity contribution in [3.05, 3.63) is 40.9 Å². The zero-order valence-electron chi connectivity index (χ0n) is 25.4. The van der Waals surface area contributed by atoms with Gasteiger partial charge in [0.05, 0.1) is 5.56 Å². The van der Waals surface area contributed by atoms with Gasteiger partial charge in [0, 0.05) is 77.6 Å². The van der Waals surface area contributed by atoms with Crippen LogP contribution in [0.3, 0.4) is 0 Å². The summed E-state index contributed by atoms with van der Waals surface area (Å²) in [7, 11) is 7.73. The third-order valence-electron chi connectivity index (χ3n) is 5.43. The third-order valence-corrected chi connectivity index (χ3v) is 5.43. The van der Waals surface area contributed by atoms with Crippen molar-refractivity contribution >= 4 is 47.5 Å².